The second-order valence-electron chi connectivity index (χ2n) is 5.25. The molecule has 0 unspecified atom stereocenters. The fraction of sp³-hybridized carbons (Fsp3) is 0.250. The second-order valence-corrected chi connectivity index (χ2v) is 6.74. The Labute approximate surface area is 146 Å². The Morgan fingerprint density at radius 2 is 2.04 bits per heavy atom. The standard InChI is InChI=1S/C16H13ClFNO4S/c17-10-7-9(1-2-11(10)18)12-8-19(5-6-23-12)15(20)13-3-4-14(24-13)16(21)22/h1-4,7,12H,5-6,8H2,(H,21,22)/t12-/m0/s1. The normalized spacial score (nSPS) is 17.8. The minimum Gasteiger partial charge on any atom is -0.477 e. The van der Waals surface area contributed by atoms with Crippen LogP contribution in [-0.4, -0.2) is 41.6 Å². The maximum Gasteiger partial charge on any atom is 0.345 e. The lowest BCUT2D eigenvalue weighted by Crippen LogP contribution is -2.42. The van der Waals surface area contributed by atoms with Crippen LogP contribution in [0.5, 0.6) is 0 Å². The molecule has 2 heterocycles. The van der Waals surface area contributed by atoms with Crippen molar-refractivity contribution >= 4 is 34.8 Å². The average molecular weight is 370 g/mol. The third kappa shape index (κ3) is 3.43. The number of halogens is 2. The van der Waals surface area contributed by atoms with Crippen LogP contribution in [0.2, 0.25) is 5.02 Å². The summed E-state index contributed by atoms with van der Waals surface area (Å²) in [6.07, 6.45) is -0.403. The van der Waals surface area contributed by atoms with Crippen LogP contribution < -0.4 is 0 Å². The van der Waals surface area contributed by atoms with Crippen molar-refractivity contribution in [2.45, 2.75) is 6.10 Å². The number of carbonyl (C=O) groups is 2. The molecule has 24 heavy (non-hydrogen) atoms. The highest BCUT2D eigenvalue weighted by Crippen LogP contribution is 2.27. The van der Waals surface area contributed by atoms with Gasteiger partial charge in [0, 0.05) is 6.54 Å². The third-order valence-electron chi connectivity index (χ3n) is 3.70. The summed E-state index contributed by atoms with van der Waals surface area (Å²) in [4.78, 5) is 25.6. The largest absolute Gasteiger partial charge is 0.477 e. The van der Waals surface area contributed by atoms with E-state index >= 15 is 0 Å². The van der Waals surface area contributed by atoms with Crippen LogP contribution in [0, 0.1) is 5.82 Å². The van der Waals surface area contributed by atoms with Crippen LogP contribution in [0.3, 0.4) is 0 Å². The summed E-state index contributed by atoms with van der Waals surface area (Å²) in [5.74, 6) is -1.81. The van der Waals surface area contributed by atoms with Crippen LogP contribution in [0.4, 0.5) is 4.39 Å². The van der Waals surface area contributed by atoms with E-state index in [4.69, 9.17) is 21.4 Å². The Morgan fingerprint density at radius 1 is 1.29 bits per heavy atom. The maximum absolute atomic E-state index is 13.3. The predicted octanol–water partition coefficient (Wildman–Crippen LogP) is 3.45. The molecule has 1 saturated heterocycles. The number of carboxylic acids is 1. The molecule has 0 saturated carbocycles. The SMILES string of the molecule is O=C(O)c1ccc(C(=O)N2CCO[C@H](c3ccc(F)c(Cl)c3)C2)s1. The van der Waals surface area contributed by atoms with Gasteiger partial charge in [-0.15, -0.1) is 11.3 Å². The molecule has 1 aromatic heterocycles. The topological polar surface area (TPSA) is 66.8 Å². The van der Waals surface area contributed by atoms with Gasteiger partial charge in [0.15, 0.2) is 0 Å². The predicted molar refractivity (Wildman–Crippen MR) is 87.3 cm³/mol. The molecule has 1 aliphatic heterocycles. The third-order valence-corrected chi connectivity index (χ3v) is 5.05. The van der Waals surface area contributed by atoms with E-state index in [0.29, 0.717) is 30.1 Å². The van der Waals surface area contributed by atoms with Crippen molar-refractivity contribution in [1.82, 2.24) is 4.90 Å². The summed E-state index contributed by atoms with van der Waals surface area (Å²) >= 11 is 6.74. The Balaban J connectivity index is 1.75. The van der Waals surface area contributed by atoms with Crippen molar-refractivity contribution in [1.29, 1.82) is 0 Å². The van der Waals surface area contributed by atoms with Crippen molar-refractivity contribution in [3.63, 3.8) is 0 Å². The molecule has 8 heteroatoms. The molecule has 0 bridgehead atoms. The summed E-state index contributed by atoms with van der Waals surface area (Å²) in [7, 11) is 0. The minimum absolute atomic E-state index is 0.00362. The van der Waals surface area contributed by atoms with Crippen LogP contribution in [0.15, 0.2) is 30.3 Å². The fourth-order valence-electron chi connectivity index (χ4n) is 2.47. The molecule has 0 aliphatic carbocycles. The molecule has 2 aromatic rings. The summed E-state index contributed by atoms with van der Waals surface area (Å²) in [6, 6.07) is 7.25. The molecule has 0 radical (unpaired) electrons. The number of hydrogen-bond donors (Lipinski definition) is 1. The van der Waals surface area contributed by atoms with Crippen molar-refractivity contribution in [3.8, 4) is 0 Å². The highest BCUT2D eigenvalue weighted by Gasteiger charge is 2.27. The van der Waals surface area contributed by atoms with E-state index in [-0.39, 0.29) is 15.8 Å². The van der Waals surface area contributed by atoms with Gasteiger partial charge >= 0.3 is 5.97 Å². The first kappa shape index (κ1) is 16.9. The van der Waals surface area contributed by atoms with Crippen molar-refractivity contribution < 1.29 is 23.8 Å². The van der Waals surface area contributed by atoms with Crippen LogP contribution in [-0.2, 0) is 4.74 Å². The monoisotopic (exact) mass is 369 g/mol. The molecule has 5 nitrogen and oxygen atoms in total. The van der Waals surface area contributed by atoms with Gasteiger partial charge in [0.05, 0.1) is 23.1 Å². The van der Waals surface area contributed by atoms with Gasteiger partial charge in [-0.25, -0.2) is 9.18 Å². The zero-order valence-electron chi connectivity index (χ0n) is 12.4. The number of ether oxygens (including phenoxy) is 1. The summed E-state index contributed by atoms with van der Waals surface area (Å²) in [5, 5.41) is 8.96. The zero-order chi connectivity index (χ0) is 17.3. The number of aromatic carboxylic acids is 1. The van der Waals surface area contributed by atoms with Crippen LogP contribution in [0.25, 0.3) is 0 Å². The van der Waals surface area contributed by atoms with E-state index in [1.165, 1.54) is 24.3 Å². The number of benzene rings is 1. The van der Waals surface area contributed by atoms with Gasteiger partial charge < -0.3 is 14.7 Å². The molecule has 0 spiro atoms. The smallest absolute Gasteiger partial charge is 0.345 e. The number of nitrogens with zero attached hydrogens (tertiary/aromatic N) is 1. The van der Waals surface area contributed by atoms with Crippen LogP contribution >= 0.6 is 22.9 Å². The molecule has 1 amide bonds. The van der Waals surface area contributed by atoms with Gasteiger partial charge in [-0.2, -0.15) is 0 Å². The lowest BCUT2D eigenvalue weighted by Gasteiger charge is -2.33. The zero-order valence-corrected chi connectivity index (χ0v) is 13.9. The first-order valence-corrected chi connectivity index (χ1v) is 8.34. The lowest BCUT2D eigenvalue weighted by atomic mass is 10.1. The van der Waals surface area contributed by atoms with Gasteiger partial charge in [0.1, 0.15) is 16.8 Å². The van der Waals surface area contributed by atoms with Gasteiger partial charge in [0.2, 0.25) is 0 Å². The van der Waals surface area contributed by atoms with E-state index in [1.54, 1.807) is 11.0 Å². The molecule has 1 aromatic carbocycles. The Bertz CT molecular complexity index is 794. The number of carboxylic acid groups (broad SMARTS) is 1. The van der Waals surface area contributed by atoms with Crippen molar-refractivity contribution in [2.24, 2.45) is 0 Å². The second kappa shape index (κ2) is 6.88. The summed E-state index contributed by atoms with van der Waals surface area (Å²) in [5.41, 5.74) is 0.691. The molecule has 1 fully saturated rings. The summed E-state index contributed by atoms with van der Waals surface area (Å²) < 4.78 is 18.9. The van der Waals surface area contributed by atoms with Crippen LogP contribution in [0.1, 0.15) is 31.0 Å². The van der Waals surface area contributed by atoms with Gasteiger partial charge in [-0.1, -0.05) is 17.7 Å². The Morgan fingerprint density at radius 3 is 2.71 bits per heavy atom. The maximum atomic E-state index is 13.3. The number of thiophene rings is 1. The molecular weight excluding hydrogens is 357 g/mol. The highest BCUT2D eigenvalue weighted by atomic mass is 35.5. The van der Waals surface area contributed by atoms with E-state index < -0.39 is 17.9 Å². The van der Waals surface area contributed by atoms with Gasteiger partial charge in [0.25, 0.3) is 5.91 Å². The quantitative estimate of drug-likeness (QED) is 0.899. The van der Waals surface area contributed by atoms with Gasteiger partial charge in [-0.3, -0.25) is 4.79 Å². The number of morpholine rings is 1. The Kier molecular flexibility index (Phi) is 4.84. The molecule has 1 atom stereocenters. The first-order valence-electron chi connectivity index (χ1n) is 7.14. The average Bonchev–Trinajstić information content (AvgIpc) is 3.07. The summed E-state index contributed by atoms with van der Waals surface area (Å²) in [6.45, 7) is 1.04. The molecular formula is C16H13ClFNO4S. The number of hydrogen-bond acceptors (Lipinski definition) is 4. The molecule has 1 N–H and O–H groups in total. The molecule has 3 rings (SSSR count). The highest BCUT2D eigenvalue weighted by molar-refractivity contribution is 7.15. The van der Waals surface area contributed by atoms with E-state index in [9.17, 15) is 14.0 Å². The Hall–Kier alpha value is -1.96. The van der Waals surface area contributed by atoms with E-state index in [2.05, 4.69) is 0 Å². The number of carbonyl (C=O) groups excluding carboxylic acids is 1. The number of rotatable bonds is 3. The van der Waals surface area contributed by atoms with E-state index in [1.807, 2.05) is 0 Å². The first-order chi connectivity index (χ1) is 11.5. The fourth-order valence-corrected chi connectivity index (χ4v) is 3.47. The number of amides is 1. The van der Waals surface area contributed by atoms with Gasteiger partial charge in [-0.05, 0) is 29.8 Å². The lowest BCUT2D eigenvalue weighted by molar-refractivity contribution is -0.0226. The molecule has 126 valence electrons. The van der Waals surface area contributed by atoms with E-state index in [0.717, 1.165) is 11.3 Å². The van der Waals surface area contributed by atoms with Crippen molar-refractivity contribution in [2.75, 3.05) is 19.7 Å². The van der Waals surface area contributed by atoms with Crippen molar-refractivity contribution in [3.05, 3.63) is 56.5 Å². The minimum atomic E-state index is -1.06. The molecule has 1 aliphatic rings.